The van der Waals surface area contributed by atoms with Gasteiger partial charge in [-0.05, 0) is 30.6 Å². The molecule has 118 valence electrons. The zero-order valence-electron chi connectivity index (χ0n) is 13.3. The van der Waals surface area contributed by atoms with Gasteiger partial charge in [-0.25, -0.2) is 0 Å². The van der Waals surface area contributed by atoms with E-state index in [0.717, 1.165) is 32.2 Å². The van der Waals surface area contributed by atoms with E-state index >= 15 is 0 Å². The van der Waals surface area contributed by atoms with Crippen LogP contribution in [0.4, 0.5) is 0 Å². The molecular formula is C16H31NO3. The van der Waals surface area contributed by atoms with Crippen molar-refractivity contribution in [2.45, 2.75) is 45.8 Å². The Morgan fingerprint density at radius 2 is 1.75 bits per heavy atom. The molecule has 1 N–H and O–H groups in total. The van der Waals surface area contributed by atoms with Gasteiger partial charge >= 0.3 is 0 Å². The van der Waals surface area contributed by atoms with Gasteiger partial charge in [0.25, 0.3) is 0 Å². The maximum Gasteiger partial charge on any atom is 0.0900 e. The molecule has 1 aliphatic heterocycles. The molecule has 0 aromatic rings. The highest BCUT2D eigenvalue weighted by Gasteiger charge is 2.32. The Kier molecular flexibility index (Phi) is 6.27. The van der Waals surface area contributed by atoms with Crippen LogP contribution >= 0.6 is 0 Å². The third-order valence-electron chi connectivity index (χ3n) is 4.72. The molecule has 0 amide bonds. The molecule has 0 spiro atoms. The van der Waals surface area contributed by atoms with Gasteiger partial charge in [0, 0.05) is 19.6 Å². The standard InChI is InChI=1S/C16H31NO3/c1-12-8-13(2)16(14(3)9-12)20-11-15(18)10-17-4-6-19-7-5-17/h12-16,18H,4-11H2,1-3H3/t12?,13?,14?,15-,16?/m0/s1. The number of aliphatic hydroxyl groups is 1. The van der Waals surface area contributed by atoms with E-state index in [2.05, 4.69) is 25.7 Å². The van der Waals surface area contributed by atoms with Crippen molar-refractivity contribution in [3.63, 3.8) is 0 Å². The maximum absolute atomic E-state index is 10.1. The monoisotopic (exact) mass is 285 g/mol. The summed E-state index contributed by atoms with van der Waals surface area (Å²) in [6.45, 7) is 11.5. The van der Waals surface area contributed by atoms with Gasteiger partial charge in [0.05, 0.1) is 32.0 Å². The molecule has 1 aliphatic carbocycles. The fourth-order valence-electron chi connectivity index (χ4n) is 3.88. The molecule has 4 heteroatoms. The molecule has 0 bridgehead atoms. The van der Waals surface area contributed by atoms with Crippen molar-refractivity contribution in [1.82, 2.24) is 4.90 Å². The summed E-state index contributed by atoms with van der Waals surface area (Å²) >= 11 is 0. The summed E-state index contributed by atoms with van der Waals surface area (Å²) in [6, 6.07) is 0. The van der Waals surface area contributed by atoms with E-state index in [0.29, 0.717) is 31.1 Å². The summed E-state index contributed by atoms with van der Waals surface area (Å²) in [5.74, 6) is 2.01. The van der Waals surface area contributed by atoms with Gasteiger partial charge in [0.1, 0.15) is 0 Å². The molecule has 20 heavy (non-hydrogen) atoms. The Balaban J connectivity index is 1.70. The molecule has 2 rings (SSSR count). The van der Waals surface area contributed by atoms with Crippen LogP contribution in [0.5, 0.6) is 0 Å². The number of nitrogens with zero attached hydrogens (tertiary/aromatic N) is 1. The number of hydrogen-bond acceptors (Lipinski definition) is 4. The topological polar surface area (TPSA) is 41.9 Å². The van der Waals surface area contributed by atoms with Gasteiger partial charge in [0.15, 0.2) is 0 Å². The van der Waals surface area contributed by atoms with Crippen molar-refractivity contribution in [1.29, 1.82) is 0 Å². The molecule has 0 aromatic heterocycles. The quantitative estimate of drug-likeness (QED) is 0.836. The van der Waals surface area contributed by atoms with Crippen molar-refractivity contribution in [2.24, 2.45) is 17.8 Å². The highest BCUT2D eigenvalue weighted by atomic mass is 16.5. The first-order valence-electron chi connectivity index (χ1n) is 8.16. The van der Waals surface area contributed by atoms with Crippen molar-refractivity contribution < 1.29 is 14.6 Å². The van der Waals surface area contributed by atoms with Crippen LogP contribution in [-0.4, -0.2) is 61.7 Å². The van der Waals surface area contributed by atoms with Crippen molar-refractivity contribution in [3.05, 3.63) is 0 Å². The Labute approximate surface area is 123 Å². The Morgan fingerprint density at radius 3 is 2.35 bits per heavy atom. The van der Waals surface area contributed by atoms with E-state index in [-0.39, 0.29) is 6.10 Å². The van der Waals surface area contributed by atoms with Gasteiger partial charge < -0.3 is 14.6 Å². The van der Waals surface area contributed by atoms with E-state index in [4.69, 9.17) is 9.47 Å². The summed E-state index contributed by atoms with van der Waals surface area (Å²) < 4.78 is 11.4. The number of hydrogen-bond donors (Lipinski definition) is 1. The summed E-state index contributed by atoms with van der Waals surface area (Å²) in [4.78, 5) is 2.26. The largest absolute Gasteiger partial charge is 0.389 e. The van der Waals surface area contributed by atoms with Crippen LogP contribution in [-0.2, 0) is 9.47 Å². The first-order chi connectivity index (χ1) is 9.56. The number of morpholine rings is 1. The van der Waals surface area contributed by atoms with E-state index in [1.54, 1.807) is 0 Å². The summed E-state index contributed by atoms with van der Waals surface area (Å²) in [5.41, 5.74) is 0. The highest BCUT2D eigenvalue weighted by molar-refractivity contribution is 4.82. The average molecular weight is 285 g/mol. The minimum absolute atomic E-state index is 0.311. The lowest BCUT2D eigenvalue weighted by molar-refractivity contribution is -0.0857. The smallest absolute Gasteiger partial charge is 0.0900 e. The molecule has 1 heterocycles. The van der Waals surface area contributed by atoms with Crippen LogP contribution < -0.4 is 0 Å². The van der Waals surface area contributed by atoms with E-state index in [1.807, 2.05) is 0 Å². The lowest BCUT2D eigenvalue weighted by Crippen LogP contribution is -2.43. The molecule has 1 saturated carbocycles. The van der Waals surface area contributed by atoms with Gasteiger partial charge in [-0.3, -0.25) is 4.90 Å². The minimum atomic E-state index is -0.383. The first-order valence-corrected chi connectivity index (χ1v) is 8.16. The zero-order chi connectivity index (χ0) is 14.5. The first kappa shape index (κ1) is 16.2. The second-order valence-corrected chi connectivity index (χ2v) is 6.90. The Morgan fingerprint density at radius 1 is 1.15 bits per heavy atom. The third-order valence-corrected chi connectivity index (χ3v) is 4.72. The lowest BCUT2D eigenvalue weighted by Gasteiger charge is -2.38. The highest BCUT2D eigenvalue weighted by Crippen LogP contribution is 2.34. The van der Waals surface area contributed by atoms with Crippen LogP contribution in [0.25, 0.3) is 0 Å². The molecule has 2 aliphatic rings. The molecule has 1 saturated heterocycles. The predicted molar refractivity (Wildman–Crippen MR) is 79.7 cm³/mol. The van der Waals surface area contributed by atoms with Gasteiger partial charge in [-0.15, -0.1) is 0 Å². The molecule has 0 radical (unpaired) electrons. The number of β-amino-alcohol motifs (C(OH)–C–C–N with tert-alkyl or cyclic N) is 1. The number of aliphatic hydroxyl groups excluding tert-OH is 1. The van der Waals surface area contributed by atoms with Crippen molar-refractivity contribution in [3.8, 4) is 0 Å². The second-order valence-electron chi connectivity index (χ2n) is 6.90. The minimum Gasteiger partial charge on any atom is -0.389 e. The van der Waals surface area contributed by atoms with E-state index in [1.165, 1.54) is 12.8 Å². The van der Waals surface area contributed by atoms with Crippen molar-refractivity contribution in [2.75, 3.05) is 39.5 Å². The zero-order valence-corrected chi connectivity index (χ0v) is 13.3. The Bertz CT molecular complexity index is 269. The molecule has 2 unspecified atom stereocenters. The number of ether oxygens (including phenoxy) is 2. The predicted octanol–water partition coefficient (Wildman–Crippen LogP) is 1.77. The SMILES string of the molecule is CC1CC(C)C(OC[C@@H](O)CN2CCOCC2)C(C)C1. The fraction of sp³-hybridized carbons (Fsp3) is 1.00. The lowest BCUT2D eigenvalue weighted by atomic mass is 9.75. The molecular weight excluding hydrogens is 254 g/mol. The van der Waals surface area contributed by atoms with Crippen molar-refractivity contribution >= 4 is 0 Å². The summed E-state index contributed by atoms with van der Waals surface area (Å²) in [7, 11) is 0. The third kappa shape index (κ3) is 4.69. The summed E-state index contributed by atoms with van der Waals surface area (Å²) in [5, 5.41) is 10.1. The second kappa shape index (κ2) is 7.74. The van der Waals surface area contributed by atoms with Crippen LogP contribution in [0.1, 0.15) is 33.6 Å². The van der Waals surface area contributed by atoms with Crippen LogP contribution in [0.3, 0.4) is 0 Å². The fourth-order valence-corrected chi connectivity index (χ4v) is 3.88. The number of rotatable bonds is 5. The van der Waals surface area contributed by atoms with Crippen LogP contribution in [0.2, 0.25) is 0 Å². The van der Waals surface area contributed by atoms with Gasteiger partial charge in [-0.1, -0.05) is 20.8 Å². The molecule has 2 fully saturated rings. The molecule has 4 nitrogen and oxygen atoms in total. The molecule has 0 aromatic carbocycles. The van der Waals surface area contributed by atoms with Crippen LogP contribution in [0, 0.1) is 17.8 Å². The average Bonchev–Trinajstić information content (AvgIpc) is 2.38. The van der Waals surface area contributed by atoms with E-state index < -0.39 is 0 Å². The van der Waals surface area contributed by atoms with E-state index in [9.17, 15) is 5.11 Å². The van der Waals surface area contributed by atoms with Gasteiger partial charge in [0.2, 0.25) is 0 Å². The normalized spacial score (nSPS) is 37.8. The molecule has 3 atom stereocenters. The maximum atomic E-state index is 10.1. The summed E-state index contributed by atoms with van der Waals surface area (Å²) in [6.07, 6.45) is 2.42. The van der Waals surface area contributed by atoms with Gasteiger partial charge in [-0.2, -0.15) is 0 Å². The van der Waals surface area contributed by atoms with Crippen LogP contribution in [0.15, 0.2) is 0 Å². The Hall–Kier alpha value is -0.160.